The maximum absolute atomic E-state index is 11.5. The van der Waals surface area contributed by atoms with E-state index in [0.29, 0.717) is 12.3 Å². The van der Waals surface area contributed by atoms with Crippen molar-refractivity contribution in [2.75, 3.05) is 19.0 Å². The van der Waals surface area contributed by atoms with Gasteiger partial charge in [-0.25, -0.2) is 0 Å². The number of carboxylic acids is 1. The van der Waals surface area contributed by atoms with Crippen molar-refractivity contribution < 1.29 is 24.2 Å². The molecule has 0 saturated carbocycles. The molecule has 1 amide bonds. The fourth-order valence-corrected chi connectivity index (χ4v) is 0.870. The Morgan fingerprint density at radius 3 is 2.24 bits per heavy atom. The number of nitrogens with one attached hydrogen (secondary N) is 1. The smallest absolute Gasteiger partial charge is 0.308 e. The van der Waals surface area contributed by atoms with Crippen LogP contribution in [0.4, 0.5) is 4.39 Å². The quantitative estimate of drug-likeness (QED) is 0.528. The zero-order valence-corrected chi connectivity index (χ0v) is 10.9. The Morgan fingerprint density at radius 1 is 1.47 bits per heavy atom. The highest BCUT2D eigenvalue weighted by atomic mass is 32.1. The van der Waals surface area contributed by atoms with Crippen LogP contribution in [0.25, 0.3) is 0 Å². The van der Waals surface area contributed by atoms with Crippen molar-refractivity contribution in [2.45, 2.75) is 26.4 Å². The van der Waals surface area contributed by atoms with Crippen molar-refractivity contribution in [2.24, 2.45) is 5.92 Å². The summed E-state index contributed by atoms with van der Waals surface area (Å²) in [4.78, 5) is 20.2. The molecule has 0 aliphatic rings. The second-order valence-corrected chi connectivity index (χ2v) is 3.83. The van der Waals surface area contributed by atoms with Crippen molar-refractivity contribution in [3.05, 3.63) is 0 Å². The van der Waals surface area contributed by atoms with Crippen molar-refractivity contribution in [1.29, 1.82) is 0 Å². The van der Waals surface area contributed by atoms with Gasteiger partial charge in [-0.15, -0.1) is 0 Å². The molecule has 0 aromatic rings. The lowest BCUT2D eigenvalue weighted by atomic mass is 10.0. The molecule has 5 nitrogen and oxygen atoms in total. The van der Waals surface area contributed by atoms with Crippen LogP contribution >= 0.6 is 12.6 Å². The molecule has 0 spiro atoms. The summed E-state index contributed by atoms with van der Waals surface area (Å²) in [5, 5.41) is 19.7. The van der Waals surface area contributed by atoms with E-state index in [2.05, 4.69) is 17.9 Å². The molecule has 0 aromatic heterocycles. The van der Waals surface area contributed by atoms with Crippen LogP contribution in [0.5, 0.6) is 0 Å². The Kier molecular flexibility index (Phi) is 12.7. The lowest BCUT2D eigenvalue weighted by molar-refractivity contribution is -0.145. The second-order valence-electron chi connectivity index (χ2n) is 3.38. The zero-order chi connectivity index (χ0) is 13.8. The Labute approximate surface area is 106 Å². The number of carbonyl (C=O) groups excluding carboxylic acids is 1. The molecule has 0 bridgehead atoms. The number of alkyl halides is 1. The average Bonchev–Trinajstić information content (AvgIpc) is 2.26. The van der Waals surface area contributed by atoms with Crippen LogP contribution in [0.15, 0.2) is 0 Å². The van der Waals surface area contributed by atoms with Crippen molar-refractivity contribution >= 4 is 24.5 Å². The lowest BCUT2D eigenvalue weighted by Gasteiger charge is -2.11. The third kappa shape index (κ3) is 13.1. The fourth-order valence-electron chi connectivity index (χ4n) is 0.758. The SMILES string of the molecule is CC(=O)NCCS.C[C@H](C(=O)O)[C@H](O)CCF. The molecule has 0 aliphatic carbocycles. The maximum Gasteiger partial charge on any atom is 0.308 e. The van der Waals surface area contributed by atoms with Gasteiger partial charge in [0.05, 0.1) is 18.7 Å². The van der Waals surface area contributed by atoms with Crippen LogP contribution in [-0.4, -0.2) is 47.2 Å². The molecule has 0 radical (unpaired) electrons. The van der Waals surface area contributed by atoms with E-state index >= 15 is 0 Å². The molecule has 0 heterocycles. The molecule has 0 rings (SSSR count). The molecule has 17 heavy (non-hydrogen) atoms. The van der Waals surface area contributed by atoms with Crippen LogP contribution in [0.2, 0.25) is 0 Å². The number of aliphatic hydroxyl groups is 1. The number of halogens is 1. The summed E-state index contributed by atoms with van der Waals surface area (Å²) in [5.41, 5.74) is 0. The molecule has 0 fully saturated rings. The number of rotatable bonds is 6. The summed E-state index contributed by atoms with van der Waals surface area (Å²) in [6.45, 7) is 2.82. The Morgan fingerprint density at radius 2 is 2.00 bits per heavy atom. The van der Waals surface area contributed by atoms with E-state index in [0.717, 1.165) is 0 Å². The summed E-state index contributed by atoms with van der Waals surface area (Å²) in [6.07, 6.45) is -1.17. The third-order valence-electron chi connectivity index (χ3n) is 1.86. The molecule has 102 valence electrons. The van der Waals surface area contributed by atoms with E-state index in [9.17, 15) is 14.0 Å². The molecule has 0 saturated heterocycles. The third-order valence-corrected chi connectivity index (χ3v) is 2.08. The minimum Gasteiger partial charge on any atom is -0.481 e. The first-order valence-corrected chi connectivity index (χ1v) is 5.82. The van der Waals surface area contributed by atoms with E-state index < -0.39 is 24.7 Å². The van der Waals surface area contributed by atoms with Crippen molar-refractivity contribution in [3.8, 4) is 0 Å². The maximum atomic E-state index is 11.5. The summed E-state index contributed by atoms with van der Waals surface area (Å²) >= 11 is 3.88. The zero-order valence-electron chi connectivity index (χ0n) is 10.0. The standard InChI is InChI=1S/C6H11FO3.C4H9NOS/c1-4(6(9)10)5(8)2-3-7;1-4(6)5-2-3-7/h4-5,8H,2-3H2,1H3,(H,9,10);7H,2-3H2,1H3,(H,5,6)/t4-,5+;/m0./s1. The van der Waals surface area contributed by atoms with Gasteiger partial charge in [-0.05, 0) is 6.92 Å². The minimum absolute atomic E-state index is 0.00838. The lowest BCUT2D eigenvalue weighted by Crippen LogP contribution is -2.25. The number of aliphatic carboxylic acids is 1. The second kappa shape index (κ2) is 11.7. The van der Waals surface area contributed by atoms with E-state index in [1.165, 1.54) is 13.8 Å². The fraction of sp³-hybridized carbons (Fsp3) is 0.800. The van der Waals surface area contributed by atoms with Gasteiger partial charge in [0.15, 0.2) is 0 Å². The highest BCUT2D eigenvalue weighted by Crippen LogP contribution is 2.06. The van der Waals surface area contributed by atoms with Crippen molar-refractivity contribution in [1.82, 2.24) is 5.32 Å². The van der Waals surface area contributed by atoms with Gasteiger partial charge in [-0.2, -0.15) is 12.6 Å². The van der Waals surface area contributed by atoms with Crippen LogP contribution in [0, 0.1) is 5.92 Å². The number of hydrogen-bond acceptors (Lipinski definition) is 4. The number of hydrogen-bond donors (Lipinski definition) is 4. The van der Waals surface area contributed by atoms with Gasteiger partial charge in [0.25, 0.3) is 0 Å². The van der Waals surface area contributed by atoms with E-state index in [1.807, 2.05) is 0 Å². The van der Waals surface area contributed by atoms with Gasteiger partial charge in [-0.3, -0.25) is 14.0 Å². The predicted octanol–water partition coefficient (Wildman–Crippen LogP) is 0.480. The number of thiol groups is 1. The van der Waals surface area contributed by atoms with Crippen molar-refractivity contribution in [3.63, 3.8) is 0 Å². The number of aliphatic hydroxyl groups excluding tert-OH is 1. The largest absolute Gasteiger partial charge is 0.481 e. The molecule has 3 N–H and O–H groups in total. The van der Waals surface area contributed by atoms with Gasteiger partial charge >= 0.3 is 5.97 Å². The summed E-state index contributed by atoms with van der Waals surface area (Å²) < 4.78 is 11.5. The van der Waals surface area contributed by atoms with Gasteiger partial charge < -0.3 is 15.5 Å². The first-order chi connectivity index (χ1) is 7.86. The van der Waals surface area contributed by atoms with Crippen LogP contribution in [0.3, 0.4) is 0 Å². The average molecular weight is 269 g/mol. The number of carbonyl (C=O) groups is 2. The van der Waals surface area contributed by atoms with Gasteiger partial charge in [0, 0.05) is 25.6 Å². The number of amides is 1. The Bertz CT molecular complexity index is 228. The minimum atomic E-state index is -1.10. The first-order valence-electron chi connectivity index (χ1n) is 5.18. The van der Waals surface area contributed by atoms with E-state index in [4.69, 9.17) is 10.2 Å². The molecule has 0 unspecified atom stereocenters. The molecule has 0 aliphatic heterocycles. The highest BCUT2D eigenvalue weighted by Gasteiger charge is 2.20. The molecule has 7 heteroatoms. The topological polar surface area (TPSA) is 86.6 Å². The molecular weight excluding hydrogens is 249 g/mol. The van der Waals surface area contributed by atoms with Gasteiger partial charge in [0.1, 0.15) is 0 Å². The van der Waals surface area contributed by atoms with Crippen LogP contribution < -0.4 is 5.32 Å². The molecular formula is C10H20FNO4S. The molecule has 0 aromatic carbocycles. The normalized spacial score (nSPS) is 13.0. The Hall–Kier alpha value is -0.820. The van der Waals surface area contributed by atoms with E-state index in [-0.39, 0.29) is 12.3 Å². The summed E-state index contributed by atoms with van der Waals surface area (Å²) in [5.74, 6) is -1.26. The highest BCUT2D eigenvalue weighted by molar-refractivity contribution is 7.80. The summed E-state index contributed by atoms with van der Waals surface area (Å²) in [7, 11) is 0. The molecule has 2 atom stereocenters. The first kappa shape index (κ1) is 18.5. The van der Waals surface area contributed by atoms with E-state index in [1.54, 1.807) is 0 Å². The van der Waals surface area contributed by atoms with Crippen LogP contribution in [-0.2, 0) is 9.59 Å². The number of carboxylic acid groups (broad SMARTS) is 1. The summed E-state index contributed by atoms with van der Waals surface area (Å²) in [6, 6.07) is 0. The van der Waals surface area contributed by atoms with Crippen LogP contribution in [0.1, 0.15) is 20.3 Å². The van der Waals surface area contributed by atoms with Gasteiger partial charge in [-0.1, -0.05) is 0 Å². The Balaban J connectivity index is 0. The van der Waals surface area contributed by atoms with Gasteiger partial charge in [0.2, 0.25) is 5.91 Å². The monoisotopic (exact) mass is 269 g/mol. The predicted molar refractivity (Wildman–Crippen MR) is 65.9 cm³/mol.